The van der Waals surface area contributed by atoms with E-state index in [2.05, 4.69) is 20.0 Å². The third kappa shape index (κ3) is 6.10. The van der Waals surface area contributed by atoms with Crippen LogP contribution in [0.4, 0.5) is 28.5 Å². The number of likely N-dealkylation sites (N-methyl/N-ethyl adjacent to an activating group) is 1. The topological polar surface area (TPSA) is 87.7 Å². The first-order valence-electron chi connectivity index (χ1n) is 10.9. The number of anilines is 2. The Morgan fingerprint density at radius 1 is 1.32 bits per heavy atom. The van der Waals surface area contributed by atoms with Crippen LogP contribution in [-0.2, 0) is 4.79 Å². The highest BCUT2D eigenvalue weighted by Crippen LogP contribution is 2.34. The molecule has 1 saturated heterocycles. The lowest BCUT2D eigenvalue weighted by atomic mass is 10.1. The fourth-order valence-electron chi connectivity index (χ4n) is 3.83. The number of thiazole rings is 1. The van der Waals surface area contributed by atoms with Crippen LogP contribution in [0.3, 0.4) is 0 Å². The largest absolute Gasteiger partial charge is 0.573 e. The highest BCUT2D eigenvalue weighted by atomic mass is 35.5. The molecule has 0 saturated carbocycles. The number of nitrogens with zero attached hydrogens (tertiary/aromatic N) is 4. The third-order valence-electron chi connectivity index (χ3n) is 5.78. The normalized spacial score (nSPS) is 15.5. The highest BCUT2D eigenvalue weighted by Gasteiger charge is 2.33. The number of pyridine rings is 1. The second kappa shape index (κ2) is 10.5. The molecule has 2 aromatic heterocycles. The van der Waals surface area contributed by atoms with Gasteiger partial charge in [-0.15, -0.1) is 24.5 Å². The number of hydrogen-bond acceptors (Lipinski definition) is 7. The zero-order valence-corrected chi connectivity index (χ0v) is 21.0. The summed E-state index contributed by atoms with van der Waals surface area (Å²) in [5, 5.41) is 4.29. The quantitative estimate of drug-likeness (QED) is 0.419. The van der Waals surface area contributed by atoms with Crippen LogP contribution in [-0.4, -0.2) is 59.2 Å². The Morgan fingerprint density at radius 2 is 2.08 bits per heavy atom. The van der Waals surface area contributed by atoms with Crippen molar-refractivity contribution in [3.63, 3.8) is 0 Å². The Kier molecular flexibility index (Phi) is 7.55. The molecule has 0 spiro atoms. The summed E-state index contributed by atoms with van der Waals surface area (Å²) in [5.41, 5.74) is -0.0446. The van der Waals surface area contributed by atoms with E-state index in [1.54, 1.807) is 11.9 Å². The first-order valence-corrected chi connectivity index (χ1v) is 12.1. The van der Waals surface area contributed by atoms with Gasteiger partial charge in [0, 0.05) is 44.2 Å². The Bertz CT molecular complexity index is 1340. The molecule has 3 aromatic rings. The second-order valence-corrected chi connectivity index (χ2v) is 9.47. The lowest BCUT2D eigenvalue weighted by Crippen LogP contribution is -2.37. The Morgan fingerprint density at radius 3 is 2.76 bits per heavy atom. The Balaban J connectivity index is 1.45. The third-order valence-corrected chi connectivity index (χ3v) is 6.82. The van der Waals surface area contributed by atoms with Gasteiger partial charge in [-0.2, -0.15) is 0 Å². The van der Waals surface area contributed by atoms with Crippen molar-refractivity contribution in [2.75, 3.05) is 30.4 Å². The molecule has 196 valence electrons. The van der Waals surface area contributed by atoms with Gasteiger partial charge in [-0.3, -0.25) is 14.9 Å². The summed E-state index contributed by atoms with van der Waals surface area (Å²) in [6, 6.07) is 4.79. The van der Waals surface area contributed by atoms with Gasteiger partial charge in [0.05, 0.1) is 22.3 Å². The van der Waals surface area contributed by atoms with Crippen molar-refractivity contribution in [2.45, 2.75) is 25.7 Å². The average molecular weight is 558 g/mol. The van der Waals surface area contributed by atoms with E-state index >= 15 is 0 Å². The number of aromatic nitrogens is 2. The second-order valence-electron chi connectivity index (χ2n) is 8.21. The van der Waals surface area contributed by atoms with Crippen LogP contribution in [0.15, 0.2) is 35.8 Å². The number of amides is 2. The summed E-state index contributed by atoms with van der Waals surface area (Å²) in [5.74, 6) is -2.33. The van der Waals surface area contributed by atoms with Crippen molar-refractivity contribution < 1.29 is 31.9 Å². The van der Waals surface area contributed by atoms with E-state index in [1.165, 1.54) is 36.7 Å². The molecule has 1 N–H and O–H groups in total. The average Bonchev–Trinajstić information content (AvgIpc) is 3.49. The summed E-state index contributed by atoms with van der Waals surface area (Å²) < 4.78 is 55.8. The summed E-state index contributed by atoms with van der Waals surface area (Å²) in [4.78, 5) is 36.4. The van der Waals surface area contributed by atoms with Crippen molar-refractivity contribution >= 4 is 45.7 Å². The monoisotopic (exact) mass is 557 g/mol. The molecule has 3 heterocycles. The number of ether oxygens (including phenoxy) is 1. The van der Waals surface area contributed by atoms with Gasteiger partial charge in [0.2, 0.25) is 5.91 Å². The molecule has 0 aliphatic carbocycles. The number of carbonyl (C=O) groups excluding carboxylic acids is 2. The number of benzene rings is 1. The molecule has 4 rings (SSSR count). The van der Waals surface area contributed by atoms with E-state index in [0.29, 0.717) is 18.9 Å². The lowest BCUT2D eigenvalue weighted by Gasteiger charge is -2.24. The predicted molar refractivity (Wildman–Crippen MR) is 130 cm³/mol. The van der Waals surface area contributed by atoms with Crippen LogP contribution < -0.4 is 15.0 Å². The molecule has 2 amide bonds. The summed E-state index contributed by atoms with van der Waals surface area (Å²) in [6.45, 7) is 2.71. The SMILES string of the molecule is CC(=O)N(C)C1CCN(c2ncc(C(=O)Nc3nc(-c4cccc(OC(F)(F)F)c4F)cs3)cc2Cl)C1. The van der Waals surface area contributed by atoms with Gasteiger partial charge in [0.15, 0.2) is 16.7 Å². The van der Waals surface area contributed by atoms with Crippen LogP contribution in [0, 0.1) is 5.82 Å². The predicted octanol–water partition coefficient (Wildman–Crippen LogP) is 5.21. The van der Waals surface area contributed by atoms with Crippen LogP contribution in [0.2, 0.25) is 5.02 Å². The standard InChI is InChI=1S/C23H20ClF4N5O3S/c1-12(34)32(2)14-6-7-33(10-14)20-16(24)8-13(9-29-20)21(35)31-22-30-17(11-37-22)15-4-3-5-18(19(15)25)36-23(26,27)28/h3-5,8-9,11,14H,6-7,10H2,1-2H3,(H,30,31,35). The lowest BCUT2D eigenvalue weighted by molar-refractivity contribution is -0.275. The van der Waals surface area contributed by atoms with Crippen molar-refractivity contribution in [3.05, 3.63) is 52.2 Å². The van der Waals surface area contributed by atoms with Crippen molar-refractivity contribution in [1.82, 2.24) is 14.9 Å². The molecule has 37 heavy (non-hydrogen) atoms. The maximum absolute atomic E-state index is 14.5. The molecule has 8 nitrogen and oxygen atoms in total. The molecule has 1 unspecified atom stereocenters. The highest BCUT2D eigenvalue weighted by molar-refractivity contribution is 7.14. The van der Waals surface area contributed by atoms with Crippen LogP contribution in [0.1, 0.15) is 23.7 Å². The van der Waals surface area contributed by atoms with Gasteiger partial charge in [-0.1, -0.05) is 17.7 Å². The summed E-state index contributed by atoms with van der Waals surface area (Å²) in [6.07, 6.45) is -2.94. The number of rotatable bonds is 6. The van der Waals surface area contributed by atoms with E-state index in [-0.39, 0.29) is 38.9 Å². The van der Waals surface area contributed by atoms with E-state index in [9.17, 15) is 27.2 Å². The molecule has 1 aliphatic heterocycles. The maximum Gasteiger partial charge on any atom is 0.573 e. The minimum absolute atomic E-state index is 0.0241. The molecule has 1 fully saturated rings. The minimum atomic E-state index is -5.05. The van der Waals surface area contributed by atoms with E-state index in [0.717, 1.165) is 23.8 Å². The zero-order valence-electron chi connectivity index (χ0n) is 19.5. The molecule has 1 aromatic carbocycles. The Labute approximate surface area is 217 Å². The summed E-state index contributed by atoms with van der Waals surface area (Å²) in [7, 11) is 1.74. The first kappa shape index (κ1) is 26.6. The first-order chi connectivity index (χ1) is 17.4. The molecule has 0 bridgehead atoms. The molecule has 14 heteroatoms. The molecular formula is C23H20ClF4N5O3S. The van der Waals surface area contributed by atoms with E-state index in [4.69, 9.17) is 11.6 Å². The zero-order chi connectivity index (χ0) is 26.9. The number of alkyl halides is 3. The van der Waals surface area contributed by atoms with Gasteiger partial charge in [-0.25, -0.2) is 14.4 Å². The molecular weight excluding hydrogens is 538 g/mol. The van der Waals surface area contributed by atoms with Crippen LogP contribution in [0.25, 0.3) is 11.3 Å². The number of nitrogens with one attached hydrogen (secondary N) is 1. The van der Waals surface area contributed by atoms with Gasteiger partial charge in [0.1, 0.15) is 5.82 Å². The fourth-order valence-corrected chi connectivity index (χ4v) is 4.82. The molecule has 0 radical (unpaired) electrons. The van der Waals surface area contributed by atoms with Crippen molar-refractivity contribution in [1.29, 1.82) is 0 Å². The van der Waals surface area contributed by atoms with Crippen molar-refractivity contribution in [2.24, 2.45) is 0 Å². The Hall–Kier alpha value is -3.45. The van der Waals surface area contributed by atoms with Gasteiger partial charge >= 0.3 is 6.36 Å². The van der Waals surface area contributed by atoms with Gasteiger partial charge in [-0.05, 0) is 24.6 Å². The van der Waals surface area contributed by atoms with Gasteiger partial charge in [0.25, 0.3) is 5.91 Å². The number of halogens is 5. The summed E-state index contributed by atoms with van der Waals surface area (Å²) >= 11 is 7.36. The van der Waals surface area contributed by atoms with E-state index in [1.807, 2.05) is 4.90 Å². The maximum atomic E-state index is 14.5. The molecule has 1 atom stereocenters. The van der Waals surface area contributed by atoms with E-state index < -0.39 is 23.8 Å². The van der Waals surface area contributed by atoms with Crippen molar-refractivity contribution in [3.8, 4) is 17.0 Å². The number of carbonyl (C=O) groups is 2. The smallest absolute Gasteiger partial charge is 0.403 e. The van der Waals surface area contributed by atoms with Crippen LogP contribution in [0.5, 0.6) is 5.75 Å². The number of hydrogen-bond donors (Lipinski definition) is 1. The van der Waals surface area contributed by atoms with Crippen LogP contribution >= 0.6 is 22.9 Å². The van der Waals surface area contributed by atoms with Gasteiger partial charge < -0.3 is 14.5 Å². The molecule has 1 aliphatic rings. The minimum Gasteiger partial charge on any atom is -0.403 e. The fraction of sp³-hybridized carbons (Fsp3) is 0.304.